The first-order valence-electron chi connectivity index (χ1n) is 4.61. The summed E-state index contributed by atoms with van der Waals surface area (Å²) in [6.07, 6.45) is 2.15. The predicted octanol–water partition coefficient (Wildman–Crippen LogP) is 0.594. The summed E-state index contributed by atoms with van der Waals surface area (Å²) in [5.74, 6) is -0.260. The summed E-state index contributed by atoms with van der Waals surface area (Å²) >= 11 is 4.91. The van der Waals surface area contributed by atoms with Gasteiger partial charge in [-0.3, -0.25) is 9.89 Å². The number of nitrogens with one attached hydrogen (secondary N) is 2. The molecular weight excluding hydrogens is 212 g/mol. The van der Waals surface area contributed by atoms with Crippen molar-refractivity contribution in [3.8, 4) is 0 Å². The summed E-state index contributed by atoms with van der Waals surface area (Å²) < 4.78 is 0. The minimum Gasteiger partial charge on any atom is -0.391 e. The topological polar surface area (TPSA) is 83.8 Å². The number of aromatic nitrogens is 2. The van der Waals surface area contributed by atoms with Gasteiger partial charge in [-0.05, 0) is 19.4 Å². The second kappa shape index (κ2) is 4.39. The zero-order chi connectivity index (χ0) is 11.5. The fourth-order valence-corrected chi connectivity index (χ4v) is 1.22. The number of carbonyl (C=O) groups is 1. The number of aromatic amines is 1. The van der Waals surface area contributed by atoms with Gasteiger partial charge < -0.3 is 11.1 Å². The van der Waals surface area contributed by atoms with Gasteiger partial charge >= 0.3 is 0 Å². The Morgan fingerprint density at radius 3 is 2.87 bits per heavy atom. The third-order valence-corrected chi connectivity index (χ3v) is 2.84. The summed E-state index contributed by atoms with van der Waals surface area (Å²) in [6, 6.07) is 1.59. The Morgan fingerprint density at radius 2 is 2.47 bits per heavy atom. The predicted molar refractivity (Wildman–Crippen MR) is 61.5 cm³/mol. The molecule has 1 unspecified atom stereocenters. The summed E-state index contributed by atoms with van der Waals surface area (Å²) in [5, 5.41) is 9.04. The van der Waals surface area contributed by atoms with Crippen molar-refractivity contribution >= 4 is 23.1 Å². The Balaban J connectivity index is 2.77. The molecule has 1 aromatic heterocycles. The highest BCUT2D eigenvalue weighted by Gasteiger charge is 2.28. The number of amides is 1. The Labute approximate surface area is 93.4 Å². The van der Waals surface area contributed by atoms with Crippen LogP contribution >= 0.6 is 12.2 Å². The molecule has 0 aromatic carbocycles. The molecule has 5 nitrogen and oxygen atoms in total. The molecule has 4 N–H and O–H groups in total. The lowest BCUT2D eigenvalue weighted by Gasteiger charge is -2.27. The molecule has 0 radical (unpaired) electrons. The zero-order valence-electron chi connectivity index (χ0n) is 8.70. The van der Waals surface area contributed by atoms with Crippen LogP contribution in [0.25, 0.3) is 0 Å². The molecular formula is C9H14N4OS. The van der Waals surface area contributed by atoms with E-state index in [0.29, 0.717) is 12.1 Å². The van der Waals surface area contributed by atoms with E-state index in [-0.39, 0.29) is 10.9 Å². The fraction of sp³-hybridized carbons (Fsp3) is 0.444. The van der Waals surface area contributed by atoms with E-state index in [1.54, 1.807) is 13.0 Å². The van der Waals surface area contributed by atoms with E-state index in [2.05, 4.69) is 15.5 Å². The van der Waals surface area contributed by atoms with Gasteiger partial charge in [0.05, 0.1) is 10.5 Å². The number of carbonyl (C=O) groups excluding carboxylic acids is 1. The van der Waals surface area contributed by atoms with Crippen molar-refractivity contribution < 1.29 is 4.79 Å². The van der Waals surface area contributed by atoms with Crippen LogP contribution in [-0.2, 0) is 0 Å². The quantitative estimate of drug-likeness (QED) is 0.656. The van der Waals surface area contributed by atoms with Gasteiger partial charge in [0, 0.05) is 6.20 Å². The van der Waals surface area contributed by atoms with E-state index >= 15 is 0 Å². The number of hydrogen-bond donors (Lipinski definition) is 3. The molecule has 1 heterocycles. The van der Waals surface area contributed by atoms with Crippen molar-refractivity contribution in [1.82, 2.24) is 15.5 Å². The molecule has 0 saturated heterocycles. The molecule has 0 saturated carbocycles. The summed E-state index contributed by atoms with van der Waals surface area (Å²) in [5.41, 5.74) is 5.31. The zero-order valence-corrected chi connectivity index (χ0v) is 9.52. The van der Waals surface area contributed by atoms with Crippen LogP contribution in [0.2, 0.25) is 0 Å². The van der Waals surface area contributed by atoms with Gasteiger partial charge in [-0.25, -0.2) is 0 Å². The maximum atomic E-state index is 11.7. The largest absolute Gasteiger partial charge is 0.391 e. The molecule has 6 heteroatoms. The molecule has 0 fully saturated rings. The third-order valence-electron chi connectivity index (χ3n) is 2.39. The second-order valence-electron chi connectivity index (χ2n) is 3.47. The van der Waals surface area contributed by atoms with Crippen LogP contribution in [0.3, 0.4) is 0 Å². The second-order valence-corrected chi connectivity index (χ2v) is 3.91. The van der Waals surface area contributed by atoms with Gasteiger partial charge in [0.2, 0.25) is 0 Å². The van der Waals surface area contributed by atoms with Crippen LogP contribution in [0.15, 0.2) is 12.3 Å². The van der Waals surface area contributed by atoms with Crippen molar-refractivity contribution in [1.29, 1.82) is 0 Å². The SMILES string of the molecule is CCC(C)(NC(=O)c1ccn[nH]1)C(N)=S. The highest BCUT2D eigenvalue weighted by Crippen LogP contribution is 2.10. The van der Waals surface area contributed by atoms with Gasteiger partial charge in [-0.15, -0.1) is 0 Å². The van der Waals surface area contributed by atoms with Gasteiger partial charge in [-0.1, -0.05) is 19.1 Å². The standard InChI is InChI=1S/C9H14N4OS/c1-3-9(2,8(10)15)12-7(14)6-4-5-11-13-6/h4-5H,3H2,1-2H3,(H2,10,15)(H,11,13)(H,12,14). The van der Waals surface area contributed by atoms with Gasteiger partial charge in [0.25, 0.3) is 5.91 Å². The molecule has 0 spiro atoms. The van der Waals surface area contributed by atoms with E-state index in [1.807, 2.05) is 6.92 Å². The van der Waals surface area contributed by atoms with Gasteiger partial charge in [-0.2, -0.15) is 5.10 Å². The lowest BCUT2D eigenvalue weighted by molar-refractivity contribution is 0.0921. The van der Waals surface area contributed by atoms with Crippen molar-refractivity contribution in [2.45, 2.75) is 25.8 Å². The normalized spacial score (nSPS) is 14.3. The van der Waals surface area contributed by atoms with E-state index < -0.39 is 5.54 Å². The minimum atomic E-state index is -0.655. The fourth-order valence-electron chi connectivity index (χ4n) is 1.02. The highest BCUT2D eigenvalue weighted by atomic mass is 32.1. The molecule has 1 amide bonds. The van der Waals surface area contributed by atoms with E-state index in [4.69, 9.17) is 18.0 Å². The van der Waals surface area contributed by atoms with Crippen molar-refractivity contribution in [2.75, 3.05) is 0 Å². The van der Waals surface area contributed by atoms with Crippen molar-refractivity contribution in [3.05, 3.63) is 18.0 Å². The van der Waals surface area contributed by atoms with E-state index in [1.165, 1.54) is 6.20 Å². The number of rotatable bonds is 4. The summed E-state index contributed by atoms with van der Waals surface area (Å²) in [4.78, 5) is 12.0. The highest BCUT2D eigenvalue weighted by molar-refractivity contribution is 7.80. The van der Waals surface area contributed by atoms with Crippen LogP contribution in [0.1, 0.15) is 30.8 Å². The van der Waals surface area contributed by atoms with Crippen LogP contribution < -0.4 is 11.1 Å². The van der Waals surface area contributed by atoms with Crippen molar-refractivity contribution in [3.63, 3.8) is 0 Å². The number of thiocarbonyl (C=S) groups is 1. The average molecular weight is 226 g/mol. The first-order chi connectivity index (χ1) is 6.99. The maximum absolute atomic E-state index is 11.7. The smallest absolute Gasteiger partial charge is 0.270 e. The molecule has 1 aromatic rings. The van der Waals surface area contributed by atoms with Crippen LogP contribution in [0, 0.1) is 0 Å². The van der Waals surface area contributed by atoms with Gasteiger partial charge in [0.15, 0.2) is 0 Å². The maximum Gasteiger partial charge on any atom is 0.270 e. The Hall–Kier alpha value is -1.43. The molecule has 0 aliphatic heterocycles. The Kier molecular flexibility index (Phi) is 3.41. The molecule has 1 rings (SSSR count). The number of H-pyrrole nitrogens is 1. The molecule has 82 valence electrons. The van der Waals surface area contributed by atoms with Crippen LogP contribution in [0.4, 0.5) is 0 Å². The van der Waals surface area contributed by atoms with Crippen molar-refractivity contribution in [2.24, 2.45) is 5.73 Å². The minimum absolute atomic E-state index is 0.260. The number of hydrogen-bond acceptors (Lipinski definition) is 3. The van der Waals surface area contributed by atoms with Crippen LogP contribution in [-0.4, -0.2) is 26.6 Å². The first kappa shape index (κ1) is 11.6. The molecule has 0 aliphatic rings. The Morgan fingerprint density at radius 1 is 1.80 bits per heavy atom. The van der Waals surface area contributed by atoms with E-state index in [9.17, 15) is 4.79 Å². The average Bonchev–Trinajstić information content (AvgIpc) is 2.70. The molecule has 15 heavy (non-hydrogen) atoms. The number of nitrogens with two attached hydrogens (primary N) is 1. The lowest BCUT2D eigenvalue weighted by Crippen LogP contribution is -2.54. The summed E-state index contributed by atoms with van der Waals surface area (Å²) in [7, 11) is 0. The monoisotopic (exact) mass is 226 g/mol. The third kappa shape index (κ3) is 2.53. The first-order valence-corrected chi connectivity index (χ1v) is 5.02. The van der Waals surface area contributed by atoms with Crippen LogP contribution in [0.5, 0.6) is 0 Å². The molecule has 0 aliphatic carbocycles. The number of nitrogens with zero attached hydrogens (tertiary/aromatic N) is 1. The Bertz CT molecular complexity index is 362. The molecule has 0 bridgehead atoms. The summed E-state index contributed by atoms with van der Waals surface area (Å²) in [6.45, 7) is 3.70. The lowest BCUT2D eigenvalue weighted by atomic mass is 9.99. The van der Waals surface area contributed by atoms with Gasteiger partial charge in [0.1, 0.15) is 5.69 Å². The van der Waals surface area contributed by atoms with E-state index in [0.717, 1.165) is 0 Å². The molecule has 1 atom stereocenters.